The van der Waals surface area contributed by atoms with E-state index in [0.717, 1.165) is 0 Å². The lowest BCUT2D eigenvalue weighted by Crippen LogP contribution is -2.59. The van der Waals surface area contributed by atoms with E-state index in [-0.39, 0.29) is 24.9 Å². The summed E-state index contributed by atoms with van der Waals surface area (Å²) in [7, 11) is 0. The van der Waals surface area contributed by atoms with Gasteiger partial charge in [-0.15, -0.1) is 0 Å². The van der Waals surface area contributed by atoms with Gasteiger partial charge in [0.05, 0.1) is 6.42 Å². The highest BCUT2D eigenvalue weighted by atomic mass is 16.4. The summed E-state index contributed by atoms with van der Waals surface area (Å²) < 4.78 is 0. The van der Waals surface area contributed by atoms with Crippen molar-refractivity contribution >= 4 is 17.9 Å². The molecule has 1 rings (SSSR count). The van der Waals surface area contributed by atoms with Crippen molar-refractivity contribution in [1.82, 2.24) is 15.1 Å². The van der Waals surface area contributed by atoms with Crippen molar-refractivity contribution in [3.8, 4) is 0 Å². The Morgan fingerprint density at radius 3 is 2.67 bits per heavy atom. The third kappa shape index (κ3) is 3.35. The minimum atomic E-state index is -0.963. The maximum atomic E-state index is 11.9. The third-order valence-electron chi connectivity index (χ3n) is 3.01. The first-order valence-corrected chi connectivity index (χ1v) is 6.02. The summed E-state index contributed by atoms with van der Waals surface area (Å²) >= 11 is 0. The lowest BCUT2D eigenvalue weighted by Gasteiger charge is -2.38. The maximum Gasteiger partial charge on any atom is 0.318 e. The highest BCUT2D eigenvalue weighted by molar-refractivity contribution is 5.88. The molecule has 1 atom stereocenters. The first-order valence-electron chi connectivity index (χ1n) is 6.02. The van der Waals surface area contributed by atoms with Gasteiger partial charge in [0.2, 0.25) is 5.91 Å². The number of carbonyl (C=O) groups is 3. The number of carboxylic acids is 1. The van der Waals surface area contributed by atoms with Gasteiger partial charge in [0.25, 0.3) is 0 Å². The van der Waals surface area contributed by atoms with E-state index in [2.05, 4.69) is 5.32 Å². The number of nitrogens with one attached hydrogen (secondary N) is 1. The highest BCUT2D eigenvalue weighted by Crippen LogP contribution is 2.10. The van der Waals surface area contributed by atoms with Crippen LogP contribution in [0.2, 0.25) is 0 Å². The lowest BCUT2D eigenvalue weighted by atomic mass is 10.2. The van der Waals surface area contributed by atoms with Crippen LogP contribution in [-0.4, -0.2) is 65.0 Å². The zero-order chi connectivity index (χ0) is 13.7. The average molecular weight is 257 g/mol. The molecule has 1 heterocycles. The smallest absolute Gasteiger partial charge is 0.318 e. The van der Waals surface area contributed by atoms with Crippen LogP contribution in [0.15, 0.2) is 0 Å². The molecule has 0 aromatic rings. The van der Waals surface area contributed by atoms with Crippen molar-refractivity contribution in [2.75, 3.05) is 26.2 Å². The molecule has 18 heavy (non-hydrogen) atoms. The molecule has 0 aromatic heterocycles. The fourth-order valence-electron chi connectivity index (χ4n) is 1.90. The van der Waals surface area contributed by atoms with Crippen LogP contribution in [0.25, 0.3) is 0 Å². The number of aliphatic carboxylic acids is 1. The van der Waals surface area contributed by atoms with E-state index < -0.39 is 12.0 Å². The molecule has 1 fully saturated rings. The van der Waals surface area contributed by atoms with Gasteiger partial charge in [-0.3, -0.25) is 9.59 Å². The minimum absolute atomic E-state index is 0.0721. The number of carbonyl (C=O) groups excluding carboxylic acids is 2. The van der Waals surface area contributed by atoms with Gasteiger partial charge in [0.1, 0.15) is 6.04 Å². The van der Waals surface area contributed by atoms with E-state index in [0.29, 0.717) is 19.6 Å². The van der Waals surface area contributed by atoms with Crippen molar-refractivity contribution in [2.45, 2.75) is 26.3 Å². The van der Waals surface area contributed by atoms with Crippen LogP contribution in [0, 0.1) is 0 Å². The number of rotatable bonds is 4. The van der Waals surface area contributed by atoms with Gasteiger partial charge in [-0.25, -0.2) is 4.79 Å². The Morgan fingerprint density at radius 1 is 1.44 bits per heavy atom. The second kappa shape index (κ2) is 6.23. The van der Waals surface area contributed by atoms with Gasteiger partial charge in [-0.05, 0) is 13.8 Å². The number of hydrogen-bond donors (Lipinski definition) is 2. The number of hydrogen-bond acceptors (Lipinski definition) is 3. The largest absolute Gasteiger partial charge is 0.481 e. The van der Waals surface area contributed by atoms with E-state index in [1.54, 1.807) is 11.8 Å². The monoisotopic (exact) mass is 257 g/mol. The molecule has 3 amide bonds. The standard InChI is InChI=1S/C11H19N3O4/c1-3-13-6-7-14(8(2)10(13)17)11(18)12-5-4-9(15)16/h8H,3-7H2,1-2H3,(H,12,18)(H,15,16). The van der Waals surface area contributed by atoms with Crippen LogP contribution in [0.1, 0.15) is 20.3 Å². The van der Waals surface area contributed by atoms with Crippen LogP contribution in [-0.2, 0) is 9.59 Å². The number of urea groups is 1. The molecule has 102 valence electrons. The van der Waals surface area contributed by atoms with Crippen molar-refractivity contribution < 1.29 is 19.5 Å². The average Bonchev–Trinajstić information content (AvgIpc) is 2.32. The van der Waals surface area contributed by atoms with Gasteiger partial charge >= 0.3 is 12.0 Å². The molecule has 0 bridgehead atoms. The molecule has 2 N–H and O–H groups in total. The minimum Gasteiger partial charge on any atom is -0.481 e. The molecule has 0 spiro atoms. The van der Waals surface area contributed by atoms with Crippen LogP contribution < -0.4 is 5.32 Å². The van der Waals surface area contributed by atoms with E-state index in [9.17, 15) is 14.4 Å². The van der Waals surface area contributed by atoms with Crippen molar-refractivity contribution in [1.29, 1.82) is 0 Å². The van der Waals surface area contributed by atoms with Crippen LogP contribution >= 0.6 is 0 Å². The van der Waals surface area contributed by atoms with Gasteiger partial charge in [0, 0.05) is 26.2 Å². The Balaban J connectivity index is 2.49. The summed E-state index contributed by atoms with van der Waals surface area (Å²) in [6.07, 6.45) is -0.122. The molecule has 1 saturated heterocycles. The molecule has 7 heteroatoms. The molecule has 1 unspecified atom stereocenters. The molecule has 0 aliphatic carbocycles. The molecule has 0 saturated carbocycles. The summed E-state index contributed by atoms with van der Waals surface area (Å²) in [4.78, 5) is 37.1. The highest BCUT2D eigenvalue weighted by Gasteiger charge is 2.33. The zero-order valence-corrected chi connectivity index (χ0v) is 10.7. The Morgan fingerprint density at radius 2 is 2.11 bits per heavy atom. The van der Waals surface area contributed by atoms with Gasteiger partial charge in [-0.1, -0.05) is 0 Å². The molecular weight excluding hydrogens is 238 g/mol. The van der Waals surface area contributed by atoms with E-state index >= 15 is 0 Å². The summed E-state index contributed by atoms with van der Waals surface area (Å²) in [5.41, 5.74) is 0. The number of carboxylic acid groups (broad SMARTS) is 1. The number of piperazine rings is 1. The fraction of sp³-hybridized carbons (Fsp3) is 0.727. The van der Waals surface area contributed by atoms with Crippen LogP contribution in [0.4, 0.5) is 4.79 Å². The van der Waals surface area contributed by atoms with E-state index in [4.69, 9.17) is 5.11 Å². The third-order valence-corrected chi connectivity index (χ3v) is 3.01. The number of amides is 3. The molecule has 1 aliphatic heterocycles. The van der Waals surface area contributed by atoms with Crippen LogP contribution in [0.5, 0.6) is 0 Å². The SMILES string of the molecule is CCN1CCN(C(=O)NCCC(=O)O)C(C)C1=O. The fourth-order valence-corrected chi connectivity index (χ4v) is 1.90. The van der Waals surface area contributed by atoms with E-state index in [1.807, 2.05) is 6.92 Å². The summed E-state index contributed by atoms with van der Waals surface area (Å²) in [5.74, 6) is -1.03. The second-order valence-corrected chi connectivity index (χ2v) is 4.16. The van der Waals surface area contributed by atoms with Gasteiger partial charge in [0.15, 0.2) is 0 Å². The van der Waals surface area contributed by atoms with Crippen LogP contribution in [0.3, 0.4) is 0 Å². The van der Waals surface area contributed by atoms with Crippen molar-refractivity contribution in [3.05, 3.63) is 0 Å². The molecule has 0 radical (unpaired) electrons. The summed E-state index contributed by atoms with van der Waals surface area (Å²) in [6, 6.07) is -0.878. The molecule has 1 aliphatic rings. The van der Waals surface area contributed by atoms with Gasteiger partial charge < -0.3 is 20.2 Å². The molecular formula is C11H19N3O4. The van der Waals surface area contributed by atoms with E-state index in [1.165, 1.54) is 4.90 Å². The predicted octanol–water partition coefficient (Wildman–Crippen LogP) is -0.277. The van der Waals surface area contributed by atoms with Gasteiger partial charge in [-0.2, -0.15) is 0 Å². The topological polar surface area (TPSA) is 89.9 Å². The predicted molar refractivity (Wildman–Crippen MR) is 64.1 cm³/mol. The van der Waals surface area contributed by atoms with Crippen molar-refractivity contribution in [3.63, 3.8) is 0 Å². The maximum absolute atomic E-state index is 11.9. The number of likely N-dealkylation sites (N-methyl/N-ethyl adjacent to an activating group) is 1. The first-order chi connectivity index (χ1) is 8.47. The summed E-state index contributed by atoms with van der Waals surface area (Å²) in [6.45, 7) is 5.28. The Kier molecular flexibility index (Phi) is 4.94. The van der Waals surface area contributed by atoms with Crippen molar-refractivity contribution in [2.24, 2.45) is 0 Å². The number of nitrogens with zero attached hydrogens (tertiary/aromatic N) is 2. The first kappa shape index (κ1) is 14.3. The zero-order valence-electron chi connectivity index (χ0n) is 10.7. The quantitative estimate of drug-likeness (QED) is 0.725. The molecule has 7 nitrogen and oxygen atoms in total. The lowest BCUT2D eigenvalue weighted by molar-refractivity contribution is -0.139. The second-order valence-electron chi connectivity index (χ2n) is 4.16. The Bertz CT molecular complexity index is 345. The Hall–Kier alpha value is -1.79. The normalized spacial score (nSPS) is 19.9. The Labute approximate surface area is 106 Å². The molecule has 0 aromatic carbocycles. The summed E-state index contributed by atoms with van der Waals surface area (Å²) in [5, 5.41) is 11.0.